The first-order valence-corrected chi connectivity index (χ1v) is 18.9. The van der Waals surface area contributed by atoms with E-state index >= 15 is 0 Å². The summed E-state index contributed by atoms with van der Waals surface area (Å²) in [5.74, 6) is 0.358. The van der Waals surface area contributed by atoms with E-state index in [1.165, 1.54) is 10.8 Å². The van der Waals surface area contributed by atoms with Crippen LogP contribution < -0.4 is 10.4 Å². The lowest BCUT2D eigenvalue weighted by Crippen LogP contribution is -2.68. The molecule has 0 radical (unpaired) electrons. The van der Waals surface area contributed by atoms with Gasteiger partial charge in [0.2, 0.25) is 5.60 Å². The number of rotatable bonds is 12. The van der Waals surface area contributed by atoms with Crippen molar-refractivity contribution in [3.63, 3.8) is 0 Å². The summed E-state index contributed by atoms with van der Waals surface area (Å²) in [4.78, 5) is 36.6. The number of hydrogen-bond donors (Lipinski definition) is 0. The number of ether oxygens (including phenoxy) is 5. The highest BCUT2D eigenvalue weighted by molar-refractivity contribution is 6.99. The summed E-state index contributed by atoms with van der Waals surface area (Å²) in [6.45, 7) is 9.16. The Hall–Kier alpha value is -5.30. The van der Waals surface area contributed by atoms with Crippen LogP contribution in [-0.2, 0) is 28.1 Å². The zero-order valence-corrected chi connectivity index (χ0v) is 31.4. The molecule has 3 heterocycles. The van der Waals surface area contributed by atoms with Crippen LogP contribution >= 0.6 is 0 Å². The van der Waals surface area contributed by atoms with Crippen molar-refractivity contribution < 1.29 is 37.7 Å². The van der Waals surface area contributed by atoms with Crippen LogP contribution in [-0.4, -0.2) is 98.2 Å². The molecule has 0 saturated carbocycles. The Balaban J connectivity index is 1.68. The van der Waals surface area contributed by atoms with E-state index in [4.69, 9.17) is 28.1 Å². The molecule has 5 rings (SSSR count). The van der Waals surface area contributed by atoms with Crippen LogP contribution in [0.1, 0.15) is 46.4 Å². The van der Waals surface area contributed by atoms with E-state index in [1.54, 1.807) is 37.2 Å². The molecule has 0 bridgehead atoms. The average Bonchev–Trinajstić information content (AvgIpc) is 3.68. The smallest absolute Gasteiger partial charge is 0.435 e. The lowest BCUT2D eigenvalue weighted by molar-refractivity contribution is -0.0847. The first-order chi connectivity index (χ1) is 24.9. The Bertz CT molecular complexity index is 1870. The zero-order chi connectivity index (χ0) is 37.5. The van der Waals surface area contributed by atoms with E-state index in [1.807, 2.05) is 74.8 Å². The minimum atomic E-state index is -3.27. The minimum Gasteiger partial charge on any atom is -0.435 e. The van der Waals surface area contributed by atoms with Gasteiger partial charge in [-0.1, -0.05) is 81.4 Å². The summed E-state index contributed by atoms with van der Waals surface area (Å²) in [7, 11) is 0.387. The number of aromatic nitrogens is 3. The van der Waals surface area contributed by atoms with Crippen LogP contribution in [0.15, 0.2) is 84.1 Å². The lowest BCUT2D eigenvalue weighted by atomic mass is 9.95. The second kappa shape index (κ2) is 15.9. The predicted octanol–water partition coefficient (Wildman–Crippen LogP) is 4.94. The molecule has 15 heteroatoms. The molecule has 0 spiro atoms. The molecule has 2 aromatic heterocycles. The Labute approximate surface area is 304 Å². The van der Waals surface area contributed by atoms with Crippen molar-refractivity contribution >= 4 is 48.7 Å². The van der Waals surface area contributed by atoms with Crippen LogP contribution in [0.4, 0.5) is 15.4 Å². The maximum absolute atomic E-state index is 13.1. The first kappa shape index (κ1) is 37.9. The van der Waals surface area contributed by atoms with Crippen molar-refractivity contribution in [3.05, 3.63) is 84.8 Å². The monoisotopic (exact) mass is 728 g/mol. The first-order valence-electron chi connectivity index (χ1n) is 16.9. The van der Waals surface area contributed by atoms with E-state index in [9.17, 15) is 14.9 Å². The molecule has 274 valence electrons. The Morgan fingerprint density at radius 2 is 1.58 bits per heavy atom. The number of benzene rings is 2. The van der Waals surface area contributed by atoms with Gasteiger partial charge in [-0.15, -0.1) is 0 Å². The van der Waals surface area contributed by atoms with Gasteiger partial charge < -0.3 is 33.0 Å². The third kappa shape index (κ3) is 7.50. The van der Waals surface area contributed by atoms with Gasteiger partial charge >= 0.3 is 12.3 Å². The standard InChI is InChI=1S/C37H44N6O8Si/c1-8-46-34(44)49-31-30(28-20-21-29-33(40-25-42(6)7)39-24-41-43(28)29)51-37(22-38,32(31)50-35(45)47-9-2)23-48-52(36(3,4)5,26-16-12-10-13-17-26)27-18-14-11-15-19-27/h10-21,24-25,30-32H,8-9,23H2,1-7H3/b40-25+/t30-,31-,32-,37+/m0/s1. The topological polar surface area (TPSA) is 159 Å². The maximum atomic E-state index is 13.1. The van der Waals surface area contributed by atoms with E-state index in [0.29, 0.717) is 17.0 Å². The van der Waals surface area contributed by atoms with Gasteiger partial charge in [-0.05, 0) is 41.4 Å². The molecule has 0 N–H and O–H groups in total. The van der Waals surface area contributed by atoms with Gasteiger partial charge in [-0.25, -0.2) is 24.1 Å². The second-order valence-electron chi connectivity index (χ2n) is 13.3. The Morgan fingerprint density at radius 3 is 2.12 bits per heavy atom. The molecule has 0 aliphatic carbocycles. The molecule has 2 aromatic carbocycles. The minimum absolute atomic E-state index is 0.00609. The van der Waals surface area contributed by atoms with Gasteiger partial charge in [0.05, 0.1) is 31.9 Å². The highest BCUT2D eigenvalue weighted by atomic mass is 28.4. The van der Waals surface area contributed by atoms with Gasteiger partial charge in [0.15, 0.2) is 18.0 Å². The molecule has 1 aliphatic rings. The zero-order valence-electron chi connectivity index (χ0n) is 30.4. The van der Waals surface area contributed by atoms with Crippen molar-refractivity contribution in [2.75, 3.05) is 33.9 Å². The summed E-state index contributed by atoms with van der Waals surface area (Å²) in [5.41, 5.74) is -1.15. The summed E-state index contributed by atoms with van der Waals surface area (Å²) in [5, 5.41) is 17.0. The SMILES string of the molecule is CCOC(=O)O[C@H]1[C@H](c2ccc3c(/N=C/N(C)C)ncnn23)O[C@](C#N)(CO[Si](c2ccccc2)(c2ccccc2)C(C)(C)C)[C@H]1OC(=O)OCC. The quantitative estimate of drug-likeness (QED) is 0.0838. The molecule has 1 fully saturated rings. The highest BCUT2D eigenvalue weighted by Crippen LogP contribution is 2.46. The number of hydrogen-bond acceptors (Lipinski definition) is 12. The molecule has 4 atom stereocenters. The summed E-state index contributed by atoms with van der Waals surface area (Å²) >= 11 is 0. The van der Waals surface area contributed by atoms with Crippen molar-refractivity contribution in [1.82, 2.24) is 19.5 Å². The largest absolute Gasteiger partial charge is 0.508 e. The molecule has 4 aromatic rings. The van der Waals surface area contributed by atoms with Gasteiger partial charge in [0, 0.05) is 14.1 Å². The normalized spacial score (nSPS) is 20.4. The number of carbonyl (C=O) groups excluding carboxylic acids is 2. The van der Waals surface area contributed by atoms with Gasteiger partial charge in [-0.3, -0.25) is 0 Å². The molecular formula is C37H44N6O8Si. The van der Waals surface area contributed by atoms with E-state index in [2.05, 4.69) is 41.9 Å². The number of aliphatic imine (C=N–C) groups is 1. The molecule has 0 unspecified atom stereocenters. The van der Waals surface area contributed by atoms with Crippen LogP contribution in [0.2, 0.25) is 5.04 Å². The Morgan fingerprint density at radius 1 is 0.981 bits per heavy atom. The molecule has 1 saturated heterocycles. The maximum Gasteiger partial charge on any atom is 0.508 e. The fourth-order valence-electron chi connectivity index (χ4n) is 6.46. The fourth-order valence-corrected chi connectivity index (χ4v) is 11.0. The molecule has 0 amide bonds. The van der Waals surface area contributed by atoms with Crippen LogP contribution in [0.5, 0.6) is 0 Å². The predicted molar refractivity (Wildman–Crippen MR) is 194 cm³/mol. The molecule has 1 aliphatic heterocycles. The van der Waals surface area contributed by atoms with Crippen molar-refractivity contribution in [2.45, 2.75) is 63.6 Å². The van der Waals surface area contributed by atoms with Gasteiger partial charge in [0.1, 0.15) is 24.0 Å². The van der Waals surface area contributed by atoms with E-state index < -0.39 is 49.6 Å². The summed E-state index contributed by atoms with van der Waals surface area (Å²) < 4.78 is 37.4. The van der Waals surface area contributed by atoms with Crippen LogP contribution in [0.25, 0.3) is 5.52 Å². The number of carbonyl (C=O) groups is 2. The Kier molecular flexibility index (Phi) is 11.6. The summed E-state index contributed by atoms with van der Waals surface area (Å²) in [6.07, 6.45) is -3.37. The third-order valence-electron chi connectivity index (χ3n) is 8.65. The fraction of sp³-hybridized carbons (Fsp3) is 0.405. The third-order valence-corrected chi connectivity index (χ3v) is 13.6. The van der Waals surface area contributed by atoms with Crippen molar-refractivity contribution in [2.24, 2.45) is 4.99 Å². The number of nitriles is 1. The number of nitrogens with zero attached hydrogens (tertiary/aromatic N) is 6. The van der Waals surface area contributed by atoms with Crippen LogP contribution in [0, 0.1) is 11.3 Å². The summed E-state index contributed by atoms with van der Waals surface area (Å²) in [6, 6.07) is 25.4. The van der Waals surface area contributed by atoms with Gasteiger partial charge in [0.25, 0.3) is 8.32 Å². The van der Waals surface area contributed by atoms with E-state index in [-0.39, 0.29) is 19.8 Å². The lowest BCUT2D eigenvalue weighted by Gasteiger charge is -2.44. The van der Waals surface area contributed by atoms with E-state index in [0.717, 1.165) is 10.4 Å². The second-order valence-corrected chi connectivity index (χ2v) is 17.6. The number of fused-ring (bicyclic) bond motifs is 1. The van der Waals surface area contributed by atoms with Crippen molar-refractivity contribution in [1.29, 1.82) is 5.26 Å². The van der Waals surface area contributed by atoms with Gasteiger partial charge in [-0.2, -0.15) is 10.4 Å². The van der Waals surface area contributed by atoms with Crippen molar-refractivity contribution in [3.8, 4) is 6.07 Å². The average molecular weight is 729 g/mol. The molecule has 52 heavy (non-hydrogen) atoms. The molecular weight excluding hydrogens is 685 g/mol. The highest BCUT2D eigenvalue weighted by Gasteiger charge is 2.63. The van der Waals surface area contributed by atoms with Crippen LogP contribution in [0.3, 0.4) is 0 Å². The molecule has 14 nitrogen and oxygen atoms in total.